The monoisotopic (exact) mass is 323 g/mol. The number of nitrogens with zero attached hydrogens (tertiary/aromatic N) is 1. The van der Waals surface area contributed by atoms with E-state index in [2.05, 4.69) is 28.1 Å². The fourth-order valence-electron chi connectivity index (χ4n) is 3.30. The van der Waals surface area contributed by atoms with Gasteiger partial charge in [-0.25, -0.2) is 0 Å². The van der Waals surface area contributed by atoms with Crippen LogP contribution in [-0.4, -0.2) is 29.1 Å². The molecule has 1 aliphatic heterocycles. The smallest absolute Gasteiger partial charge is 0.223 e. The molecule has 19 heavy (non-hydrogen) atoms. The van der Waals surface area contributed by atoms with Crippen LogP contribution in [0, 0.1) is 5.92 Å². The number of hydrogen-bond donors (Lipinski definition) is 1. The quantitative estimate of drug-likeness (QED) is 0.929. The van der Waals surface area contributed by atoms with Crippen molar-refractivity contribution >= 4 is 21.8 Å². The summed E-state index contributed by atoms with van der Waals surface area (Å²) in [5, 5.41) is 9.28. The first-order valence-corrected chi connectivity index (χ1v) is 7.62. The summed E-state index contributed by atoms with van der Waals surface area (Å²) in [7, 11) is 0. The van der Waals surface area contributed by atoms with Gasteiger partial charge in [-0.2, -0.15) is 0 Å². The first-order valence-electron chi connectivity index (χ1n) is 6.83. The number of halogens is 1. The Balaban J connectivity index is 1.91. The van der Waals surface area contributed by atoms with Gasteiger partial charge in [0.15, 0.2) is 0 Å². The Morgan fingerprint density at radius 3 is 2.47 bits per heavy atom. The van der Waals surface area contributed by atoms with Crippen molar-refractivity contribution in [2.24, 2.45) is 5.92 Å². The summed E-state index contributed by atoms with van der Waals surface area (Å²) < 4.78 is 1.06. The van der Waals surface area contributed by atoms with Crippen molar-refractivity contribution in [2.75, 3.05) is 13.2 Å². The number of aliphatic hydroxyl groups is 1. The maximum absolute atomic E-state index is 12.2. The Morgan fingerprint density at radius 2 is 2.00 bits per heavy atom. The number of amides is 1. The lowest BCUT2D eigenvalue weighted by molar-refractivity contribution is -0.137. The molecule has 1 aromatic carbocycles. The molecule has 0 bridgehead atoms. The van der Waals surface area contributed by atoms with Crippen molar-refractivity contribution in [1.82, 2.24) is 4.90 Å². The third-order valence-electron chi connectivity index (χ3n) is 4.54. The molecular formula is C15H18BrNO2. The van der Waals surface area contributed by atoms with Crippen LogP contribution < -0.4 is 0 Å². The van der Waals surface area contributed by atoms with Crippen molar-refractivity contribution in [1.29, 1.82) is 0 Å². The van der Waals surface area contributed by atoms with E-state index in [9.17, 15) is 9.90 Å². The molecule has 1 saturated carbocycles. The number of carbonyl (C=O) groups excluding carboxylic acids is 1. The third kappa shape index (κ3) is 2.11. The van der Waals surface area contributed by atoms with Crippen LogP contribution in [0.15, 0.2) is 28.7 Å². The van der Waals surface area contributed by atoms with Crippen LogP contribution >= 0.6 is 15.9 Å². The predicted molar refractivity (Wildman–Crippen MR) is 76.6 cm³/mol. The summed E-state index contributed by atoms with van der Waals surface area (Å²) in [5.41, 5.74) is 1.12. The van der Waals surface area contributed by atoms with Crippen LogP contribution in [0.3, 0.4) is 0 Å². The number of aliphatic hydroxyl groups excluding tert-OH is 1. The van der Waals surface area contributed by atoms with Gasteiger partial charge in [0, 0.05) is 30.0 Å². The van der Waals surface area contributed by atoms with E-state index in [4.69, 9.17) is 0 Å². The first kappa shape index (κ1) is 13.1. The van der Waals surface area contributed by atoms with Crippen LogP contribution in [0.25, 0.3) is 0 Å². The highest BCUT2D eigenvalue weighted by molar-refractivity contribution is 9.10. The average Bonchev–Trinajstić information content (AvgIpc) is 2.72. The number of likely N-dealkylation sites (tertiary alicyclic amines) is 1. The van der Waals surface area contributed by atoms with Gasteiger partial charge in [-0.15, -0.1) is 0 Å². The van der Waals surface area contributed by atoms with Crippen LogP contribution in [0.4, 0.5) is 0 Å². The van der Waals surface area contributed by atoms with Gasteiger partial charge < -0.3 is 10.0 Å². The van der Waals surface area contributed by atoms with E-state index in [0.717, 1.165) is 17.3 Å². The van der Waals surface area contributed by atoms with Crippen molar-refractivity contribution in [3.63, 3.8) is 0 Å². The normalized spacial score (nSPS) is 25.5. The number of carbonyl (C=O) groups is 1. The van der Waals surface area contributed by atoms with Gasteiger partial charge in [-0.1, -0.05) is 28.1 Å². The van der Waals surface area contributed by atoms with Gasteiger partial charge in [0.25, 0.3) is 0 Å². The molecule has 102 valence electrons. The molecule has 1 unspecified atom stereocenters. The zero-order chi connectivity index (χ0) is 13.5. The Morgan fingerprint density at radius 1 is 1.32 bits per heavy atom. The van der Waals surface area contributed by atoms with Crippen LogP contribution in [0.2, 0.25) is 0 Å². The minimum Gasteiger partial charge on any atom is -0.396 e. The summed E-state index contributed by atoms with van der Waals surface area (Å²) in [6, 6.07) is 8.31. The minimum absolute atomic E-state index is 0.109. The lowest BCUT2D eigenvalue weighted by Crippen LogP contribution is -2.51. The zero-order valence-electron chi connectivity index (χ0n) is 10.8. The molecule has 1 aliphatic carbocycles. The molecule has 0 radical (unpaired) electrons. The largest absolute Gasteiger partial charge is 0.396 e. The second-order valence-electron chi connectivity index (χ2n) is 5.65. The van der Waals surface area contributed by atoms with Crippen LogP contribution in [0.5, 0.6) is 0 Å². The van der Waals surface area contributed by atoms with Crippen LogP contribution in [0.1, 0.15) is 31.2 Å². The summed E-state index contributed by atoms with van der Waals surface area (Å²) in [4.78, 5) is 14.2. The molecule has 3 rings (SSSR count). The van der Waals surface area contributed by atoms with E-state index in [0.29, 0.717) is 13.0 Å². The summed E-state index contributed by atoms with van der Waals surface area (Å²) in [5.74, 6) is 0.307. The second kappa shape index (κ2) is 4.91. The van der Waals surface area contributed by atoms with E-state index < -0.39 is 0 Å². The Hall–Kier alpha value is -0.870. The molecule has 1 amide bonds. The van der Waals surface area contributed by atoms with E-state index in [1.807, 2.05) is 17.0 Å². The van der Waals surface area contributed by atoms with Gasteiger partial charge in [-0.3, -0.25) is 4.79 Å². The van der Waals surface area contributed by atoms with Gasteiger partial charge in [0.2, 0.25) is 5.91 Å². The molecular weight excluding hydrogens is 306 g/mol. The molecule has 1 aromatic rings. The number of hydrogen-bond acceptors (Lipinski definition) is 2. The highest BCUT2D eigenvalue weighted by Crippen LogP contribution is 2.48. The summed E-state index contributed by atoms with van der Waals surface area (Å²) in [6.45, 7) is 0.810. The topological polar surface area (TPSA) is 40.5 Å². The molecule has 1 N–H and O–H groups in total. The molecule has 1 heterocycles. The highest BCUT2D eigenvalue weighted by atomic mass is 79.9. The highest BCUT2D eigenvalue weighted by Gasteiger charge is 2.49. The Labute approximate surface area is 121 Å². The second-order valence-corrected chi connectivity index (χ2v) is 6.56. The molecule has 2 fully saturated rings. The molecule has 0 aromatic heterocycles. The maximum Gasteiger partial charge on any atom is 0.223 e. The fraction of sp³-hybridized carbons (Fsp3) is 0.533. The zero-order valence-corrected chi connectivity index (χ0v) is 12.4. The molecule has 1 saturated heterocycles. The average molecular weight is 324 g/mol. The predicted octanol–water partition coefficient (Wildman–Crippen LogP) is 2.67. The van der Waals surface area contributed by atoms with Gasteiger partial charge in [0.05, 0.1) is 5.54 Å². The molecule has 4 heteroatoms. The lowest BCUT2D eigenvalue weighted by atomic mass is 9.70. The van der Waals surface area contributed by atoms with E-state index in [1.165, 1.54) is 12.0 Å². The maximum atomic E-state index is 12.2. The van der Waals surface area contributed by atoms with Crippen LogP contribution in [-0.2, 0) is 10.3 Å². The lowest BCUT2D eigenvalue weighted by Gasteiger charge is -2.49. The SMILES string of the molecule is O=C1CC(CO)CN1C1(c2ccc(Br)cc2)CCC1. The van der Waals surface area contributed by atoms with Gasteiger partial charge in [-0.05, 0) is 37.0 Å². The van der Waals surface area contributed by atoms with Crippen molar-refractivity contribution < 1.29 is 9.90 Å². The van der Waals surface area contributed by atoms with E-state index in [1.54, 1.807) is 0 Å². The fourth-order valence-corrected chi connectivity index (χ4v) is 3.57. The summed E-state index contributed by atoms with van der Waals surface area (Å²) >= 11 is 3.45. The molecule has 1 atom stereocenters. The first-order chi connectivity index (χ1) is 9.15. The minimum atomic E-state index is -0.109. The standard InChI is InChI=1S/C15H18BrNO2/c16-13-4-2-12(3-5-13)15(6-1-7-15)17-9-11(10-18)8-14(17)19/h2-5,11,18H,1,6-10H2. The van der Waals surface area contributed by atoms with Gasteiger partial charge >= 0.3 is 0 Å². The molecule has 0 spiro atoms. The van der Waals surface area contributed by atoms with Crippen molar-refractivity contribution in [2.45, 2.75) is 31.2 Å². The van der Waals surface area contributed by atoms with E-state index in [-0.39, 0.29) is 24.0 Å². The van der Waals surface area contributed by atoms with Crippen molar-refractivity contribution in [3.05, 3.63) is 34.3 Å². The van der Waals surface area contributed by atoms with Gasteiger partial charge in [0.1, 0.15) is 0 Å². The summed E-state index contributed by atoms with van der Waals surface area (Å²) in [6.07, 6.45) is 3.75. The Bertz CT molecular complexity index is 481. The third-order valence-corrected chi connectivity index (χ3v) is 5.07. The number of benzene rings is 1. The Kier molecular flexibility index (Phi) is 3.39. The molecule has 2 aliphatic rings. The van der Waals surface area contributed by atoms with Crippen molar-refractivity contribution in [3.8, 4) is 0 Å². The van der Waals surface area contributed by atoms with E-state index >= 15 is 0 Å². The number of rotatable bonds is 3. The molecule has 3 nitrogen and oxygen atoms in total.